The van der Waals surface area contributed by atoms with Gasteiger partial charge >= 0.3 is 12.0 Å². The molecule has 2 atom stereocenters. The summed E-state index contributed by atoms with van der Waals surface area (Å²) in [5.41, 5.74) is 0.663. The normalized spacial score (nSPS) is 17.6. The Kier molecular flexibility index (Phi) is 8.82. The van der Waals surface area contributed by atoms with Crippen molar-refractivity contribution in [1.29, 1.82) is 0 Å². The number of anilines is 1. The van der Waals surface area contributed by atoms with E-state index in [0.29, 0.717) is 25.4 Å². The summed E-state index contributed by atoms with van der Waals surface area (Å²) in [4.78, 5) is 40.3. The smallest absolute Gasteiger partial charge is 0.319 e. The van der Waals surface area contributed by atoms with Gasteiger partial charge in [-0.05, 0) is 56.2 Å². The van der Waals surface area contributed by atoms with E-state index < -0.39 is 12.1 Å². The largest absolute Gasteiger partial charge is 0.466 e. The zero-order valence-corrected chi connectivity index (χ0v) is 18.4. The molecule has 29 heavy (non-hydrogen) atoms. The third-order valence-electron chi connectivity index (χ3n) is 4.92. The van der Waals surface area contributed by atoms with E-state index in [2.05, 4.69) is 10.6 Å². The van der Waals surface area contributed by atoms with Gasteiger partial charge in [-0.15, -0.1) is 11.8 Å². The van der Waals surface area contributed by atoms with Crippen molar-refractivity contribution in [2.24, 2.45) is 11.8 Å². The van der Waals surface area contributed by atoms with E-state index in [1.54, 1.807) is 23.6 Å². The average molecular weight is 422 g/mol. The number of amides is 3. The summed E-state index contributed by atoms with van der Waals surface area (Å²) in [6, 6.07) is 6.41. The molecule has 160 valence electrons. The number of urea groups is 1. The molecule has 0 saturated carbocycles. The van der Waals surface area contributed by atoms with Crippen LogP contribution in [0.25, 0.3) is 0 Å². The molecule has 1 saturated heterocycles. The summed E-state index contributed by atoms with van der Waals surface area (Å²) in [6.07, 6.45) is 3.45. The Morgan fingerprint density at radius 1 is 1.24 bits per heavy atom. The van der Waals surface area contributed by atoms with Crippen LogP contribution in [-0.2, 0) is 14.3 Å². The monoisotopic (exact) mass is 421 g/mol. The summed E-state index contributed by atoms with van der Waals surface area (Å²) in [7, 11) is 0. The van der Waals surface area contributed by atoms with Gasteiger partial charge in [0.25, 0.3) is 0 Å². The molecule has 0 radical (unpaired) electrons. The predicted molar refractivity (Wildman–Crippen MR) is 115 cm³/mol. The molecule has 1 aromatic carbocycles. The summed E-state index contributed by atoms with van der Waals surface area (Å²) in [6.45, 7) is 6.80. The summed E-state index contributed by atoms with van der Waals surface area (Å²) >= 11 is 1.62. The Morgan fingerprint density at radius 3 is 2.52 bits per heavy atom. The molecule has 0 bridgehead atoms. The van der Waals surface area contributed by atoms with Gasteiger partial charge in [-0.1, -0.05) is 13.8 Å². The Hall–Kier alpha value is -2.22. The molecule has 7 nitrogen and oxygen atoms in total. The molecule has 1 aliphatic rings. The number of thioether (sulfide) groups is 1. The SMILES string of the molecule is CCOC(=O)C1CCCN(C(=O)C(NC(=O)Nc2ccc(SC)cc2)C(C)C)C1. The molecular formula is C21H31N3O4S. The quantitative estimate of drug-likeness (QED) is 0.521. The van der Waals surface area contributed by atoms with Gasteiger partial charge in [-0.2, -0.15) is 0 Å². The molecule has 1 aliphatic heterocycles. The second kappa shape index (κ2) is 11.1. The van der Waals surface area contributed by atoms with E-state index in [9.17, 15) is 14.4 Å². The van der Waals surface area contributed by atoms with Crippen LogP contribution in [0.3, 0.4) is 0 Å². The van der Waals surface area contributed by atoms with Crippen LogP contribution in [0.2, 0.25) is 0 Å². The van der Waals surface area contributed by atoms with Crippen molar-refractivity contribution in [1.82, 2.24) is 10.2 Å². The number of benzene rings is 1. The number of carbonyl (C=O) groups excluding carboxylic acids is 3. The molecular weight excluding hydrogens is 390 g/mol. The Labute approximate surface area is 176 Å². The Bertz CT molecular complexity index is 708. The number of rotatable bonds is 7. The van der Waals surface area contributed by atoms with Crippen LogP contribution in [0, 0.1) is 11.8 Å². The van der Waals surface area contributed by atoms with Crippen molar-refractivity contribution in [3.8, 4) is 0 Å². The van der Waals surface area contributed by atoms with Crippen LogP contribution >= 0.6 is 11.8 Å². The highest BCUT2D eigenvalue weighted by molar-refractivity contribution is 7.98. The van der Waals surface area contributed by atoms with Gasteiger partial charge in [0.05, 0.1) is 12.5 Å². The van der Waals surface area contributed by atoms with Gasteiger partial charge in [0.15, 0.2) is 0 Å². The Balaban J connectivity index is 1.99. The lowest BCUT2D eigenvalue weighted by Crippen LogP contribution is -2.54. The first kappa shape index (κ1) is 23.1. The molecule has 1 heterocycles. The van der Waals surface area contributed by atoms with Crippen LogP contribution in [0.15, 0.2) is 29.2 Å². The Morgan fingerprint density at radius 2 is 1.93 bits per heavy atom. The van der Waals surface area contributed by atoms with E-state index in [-0.39, 0.29) is 23.7 Å². The highest BCUT2D eigenvalue weighted by atomic mass is 32.2. The number of likely N-dealkylation sites (tertiary alicyclic amines) is 1. The van der Waals surface area contributed by atoms with Crippen LogP contribution < -0.4 is 10.6 Å². The number of hydrogen-bond donors (Lipinski definition) is 2. The lowest BCUT2D eigenvalue weighted by atomic mass is 9.95. The first-order valence-corrected chi connectivity index (χ1v) is 11.2. The minimum atomic E-state index is -0.665. The van der Waals surface area contributed by atoms with Crippen molar-refractivity contribution in [2.45, 2.75) is 44.6 Å². The molecule has 2 unspecified atom stereocenters. The third kappa shape index (κ3) is 6.66. The highest BCUT2D eigenvalue weighted by Gasteiger charge is 2.34. The lowest BCUT2D eigenvalue weighted by molar-refractivity contribution is -0.151. The molecule has 0 aliphatic carbocycles. The van der Waals surface area contributed by atoms with E-state index in [0.717, 1.165) is 17.7 Å². The number of ether oxygens (including phenoxy) is 1. The number of nitrogens with one attached hydrogen (secondary N) is 2. The zero-order chi connectivity index (χ0) is 21.4. The van der Waals surface area contributed by atoms with Crippen molar-refractivity contribution in [2.75, 3.05) is 31.3 Å². The predicted octanol–water partition coefficient (Wildman–Crippen LogP) is 3.36. The van der Waals surface area contributed by atoms with Gasteiger partial charge in [0.1, 0.15) is 6.04 Å². The standard InChI is InChI=1S/C21H31N3O4S/c1-5-28-20(26)15-7-6-12-24(13-15)19(25)18(14(2)3)23-21(27)22-16-8-10-17(29-4)11-9-16/h8-11,14-15,18H,5-7,12-13H2,1-4H3,(H2,22,23,27). The summed E-state index contributed by atoms with van der Waals surface area (Å²) in [5.74, 6) is -0.813. The van der Waals surface area contributed by atoms with Gasteiger partial charge in [0, 0.05) is 23.7 Å². The van der Waals surface area contributed by atoms with Gasteiger partial charge in [0.2, 0.25) is 5.91 Å². The fraction of sp³-hybridized carbons (Fsp3) is 0.571. The van der Waals surface area contributed by atoms with Crippen LogP contribution in [0.1, 0.15) is 33.6 Å². The first-order valence-electron chi connectivity index (χ1n) is 10.0. The summed E-state index contributed by atoms with van der Waals surface area (Å²) < 4.78 is 5.11. The van der Waals surface area contributed by atoms with Crippen molar-refractivity contribution in [3.63, 3.8) is 0 Å². The average Bonchev–Trinajstić information content (AvgIpc) is 2.72. The molecule has 0 aromatic heterocycles. The van der Waals surface area contributed by atoms with Crippen molar-refractivity contribution in [3.05, 3.63) is 24.3 Å². The molecule has 1 aromatic rings. The van der Waals surface area contributed by atoms with Gasteiger partial charge < -0.3 is 20.3 Å². The second-order valence-electron chi connectivity index (χ2n) is 7.42. The number of carbonyl (C=O) groups is 3. The number of piperidine rings is 1. The van der Waals surface area contributed by atoms with Crippen molar-refractivity contribution < 1.29 is 19.1 Å². The maximum atomic E-state index is 13.1. The topological polar surface area (TPSA) is 87.7 Å². The minimum Gasteiger partial charge on any atom is -0.466 e. The van der Waals surface area contributed by atoms with Crippen LogP contribution in [-0.4, -0.2) is 54.8 Å². The van der Waals surface area contributed by atoms with E-state index in [4.69, 9.17) is 4.74 Å². The fourth-order valence-electron chi connectivity index (χ4n) is 3.32. The van der Waals surface area contributed by atoms with E-state index in [1.807, 2.05) is 44.4 Å². The molecule has 8 heteroatoms. The zero-order valence-electron chi connectivity index (χ0n) is 17.6. The second-order valence-corrected chi connectivity index (χ2v) is 8.30. The van der Waals surface area contributed by atoms with Gasteiger partial charge in [-0.3, -0.25) is 9.59 Å². The maximum Gasteiger partial charge on any atom is 0.319 e. The molecule has 3 amide bonds. The van der Waals surface area contributed by atoms with Crippen LogP contribution in [0.4, 0.5) is 10.5 Å². The highest BCUT2D eigenvalue weighted by Crippen LogP contribution is 2.20. The van der Waals surface area contributed by atoms with Crippen LogP contribution in [0.5, 0.6) is 0 Å². The first-order chi connectivity index (χ1) is 13.8. The third-order valence-corrected chi connectivity index (χ3v) is 5.66. The summed E-state index contributed by atoms with van der Waals surface area (Å²) in [5, 5.41) is 5.57. The number of esters is 1. The molecule has 1 fully saturated rings. The maximum absolute atomic E-state index is 13.1. The lowest BCUT2D eigenvalue weighted by Gasteiger charge is -2.35. The number of nitrogens with zero attached hydrogens (tertiary/aromatic N) is 1. The minimum absolute atomic E-state index is 0.0879. The fourth-order valence-corrected chi connectivity index (χ4v) is 3.73. The molecule has 2 N–H and O–H groups in total. The van der Waals surface area contributed by atoms with Crippen molar-refractivity contribution >= 4 is 35.4 Å². The van der Waals surface area contributed by atoms with Gasteiger partial charge in [-0.25, -0.2) is 4.79 Å². The molecule has 2 rings (SSSR count). The van der Waals surface area contributed by atoms with E-state index in [1.165, 1.54) is 0 Å². The van der Waals surface area contributed by atoms with E-state index >= 15 is 0 Å². The number of hydrogen-bond acceptors (Lipinski definition) is 5. The molecule has 0 spiro atoms.